The first-order valence-electron chi connectivity index (χ1n) is 20.2. The zero-order chi connectivity index (χ0) is 47.2. The molecule has 0 saturated heterocycles. The lowest BCUT2D eigenvalue weighted by molar-refractivity contribution is -0.141. The van der Waals surface area contributed by atoms with Crippen molar-refractivity contribution in [2.75, 3.05) is 62.8 Å². The first-order valence-corrected chi connectivity index (χ1v) is 20.6. The van der Waals surface area contributed by atoms with Gasteiger partial charge in [0.05, 0.1) is 19.8 Å². The highest BCUT2D eigenvalue weighted by atomic mass is 35.5. The standard InChI is InChI=1S/C21H26F3N5O2.C13H19ClF3N5.C8H8O3/c1-29(2)20-27-17(21(22,23)24)12-18(28-20)25-14-6-8-15(9-7-14)26-19(30)13-4-10-16(31-3)11-5-13;1-22(2)12-19-10(13(15,16)17)7-11(20-12)18-8-3-5-9(21-14)6-4-8;1-11-7-4-2-6(3-5-7)8(9)10/h4-5,10-12,14-15H,6-9H2,1-3H3,(H,26,30)(H,25,27,28);7-9,21H,3-6H2,1-2H3,(H,18,19,20);2-5H,1H3,(H,9,10). The van der Waals surface area contributed by atoms with Gasteiger partial charge >= 0.3 is 18.3 Å². The van der Waals surface area contributed by atoms with E-state index in [1.807, 2.05) is 0 Å². The zero-order valence-electron chi connectivity index (χ0n) is 36.1. The first kappa shape index (κ1) is 50.8. The monoisotopic (exact) mass is 926 g/mol. The van der Waals surface area contributed by atoms with Crippen molar-refractivity contribution in [1.29, 1.82) is 0 Å². The molecule has 22 heteroatoms. The summed E-state index contributed by atoms with van der Waals surface area (Å²) in [6, 6.07) is 15.3. The molecule has 350 valence electrons. The van der Waals surface area contributed by atoms with Gasteiger partial charge in [-0.05, 0) is 112 Å². The molecule has 4 aromatic rings. The van der Waals surface area contributed by atoms with Crippen LogP contribution in [0.25, 0.3) is 0 Å². The third-order valence-electron chi connectivity index (χ3n) is 10.1. The second-order valence-electron chi connectivity index (χ2n) is 15.4. The summed E-state index contributed by atoms with van der Waals surface area (Å²) in [5.74, 6) is 0.651. The highest BCUT2D eigenvalue weighted by Gasteiger charge is 2.35. The molecule has 0 unspecified atom stereocenters. The molecule has 6 rings (SSSR count). The van der Waals surface area contributed by atoms with Gasteiger partial charge in [0, 0.05) is 70.1 Å². The molecule has 1 amide bonds. The van der Waals surface area contributed by atoms with E-state index in [9.17, 15) is 35.9 Å². The van der Waals surface area contributed by atoms with Gasteiger partial charge in [-0.15, -0.1) is 0 Å². The fourth-order valence-electron chi connectivity index (χ4n) is 6.60. The van der Waals surface area contributed by atoms with Crippen molar-refractivity contribution in [2.24, 2.45) is 0 Å². The number of hydrogen-bond acceptors (Lipinski definition) is 13. The van der Waals surface area contributed by atoms with Crippen molar-refractivity contribution in [3.63, 3.8) is 0 Å². The van der Waals surface area contributed by atoms with Gasteiger partial charge in [0.25, 0.3) is 5.91 Å². The number of anilines is 4. The normalized spacial score (nSPS) is 18.5. The van der Waals surface area contributed by atoms with E-state index in [0.717, 1.165) is 50.7 Å². The summed E-state index contributed by atoms with van der Waals surface area (Å²) in [5.41, 5.74) is -1.09. The van der Waals surface area contributed by atoms with Gasteiger partial charge in [-0.1, -0.05) is 0 Å². The largest absolute Gasteiger partial charge is 0.497 e. The number of aromatic carboxylic acids is 1. The number of nitrogens with zero attached hydrogens (tertiary/aromatic N) is 6. The van der Waals surface area contributed by atoms with Crippen LogP contribution in [-0.4, -0.2) is 103 Å². The molecule has 2 heterocycles. The van der Waals surface area contributed by atoms with Crippen LogP contribution in [0.4, 0.5) is 49.9 Å². The molecular formula is C42H53ClF6N10O5. The summed E-state index contributed by atoms with van der Waals surface area (Å²) < 4.78 is 88.2. The van der Waals surface area contributed by atoms with Crippen molar-refractivity contribution in [2.45, 2.75) is 87.9 Å². The lowest BCUT2D eigenvalue weighted by atomic mass is 9.91. The smallest absolute Gasteiger partial charge is 0.433 e. The van der Waals surface area contributed by atoms with Crippen molar-refractivity contribution in [3.8, 4) is 11.5 Å². The fourth-order valence-corrected chi connectivity index (χ4v) is 6.82. The number of benzene rings is 2. The molecule has 2 fully saturated rings. The first-order chi connectivity index (χ1) is 30.2. The topological polar surface area (TPSA) is 179 Å². The summed E-state index contributed by atoms with van der Waals surface area (Å²) in [4.78, 5) is 43.8. The second-order valence-corrected chi connectivity index (χ2v) is 15.6. The summed E-state index contributed by atoms with van der Waals surface area (Å²) in [6.07, 6.45) is -2.79. The van der Waals surface area contributed by atoms with Crippen molar-refractivity contribution in [3.05, 3.63) is 83.2 Å². The highest BCUT2D eigenvalue weighted by molar-refractivity contribution is 6.13. The number of carboxylic acids is 1. The maximum Gasteiger partial charge on any atom is 0.433 e. The Labute approximate surface area is 372 Å². The summed E-state index contributed by atoms with van der Waals surface area (Å²) in [7, 11) is 9.50. The lowest BCUT2D eigenvalue weighted by Crippen LogP contribution is -2.40. The molecule has 2 aromatic carbocycles. The molecule has 2 aliphatic rings. The predicted octanol–water partition coefficient (Wildman–Crippen LogP) is 8.14. The van der Waals surface area contributed by atoms with E-state index in [0.29, 0.717) is 29.9 Å². The minimum absolute atomic E-state index is 0.00207. The van der Waals surface area contributed by atoms with Gasteiger partial charge in [0.2, 0.25) is 11.9 Å². The Balaban J connectivity index is 0.000000235. The third kappa shape index (κ3) is 15.8. The van der Waals surface area contributed by atoms with Crippen molar-refractivity contribution >= 4 is 47.2 Å². The van der Waals surface area contributed by atoms with E-state index >= 15 is 0 Å². The van der Waals surface area contributed by atoms with Crippen molar-refractivity contribution in [1.82, 2.24) is 30.1 Å². The number of amides is 1. The molecule has 2 aliphatic carbocycles. The number of rotatable bonds is 12. The van der Waals surface area contributed by atoms with E-state index in [2.05, 4.69) is 40.7 Å². The molecule has 5 N–H and O–H groups in total. The van der Waals surface area contributed by atoms with Gasteiger partial charge in [-0.25, -0.2) is 19.6 Å². The van der Waals surface area contributed by atoms with Gasteiger partial charge < -0.3 is 40.3 Å². The summed E-state index contributed by atoms with van der Waals surface area (Å²) >= 11 is 5.59. The minimum atomic E-state index is -4.55. The van der Waals surface area contributed by atoms with Crippen LogP contribution in [0.5, 0.6) is 11.5 Å². The van der Waals surface area contributed by atoms with Gasteiger partial charge in [-0.3, -0.25) is 4.79 Å². The molecule has 2 aromatic heterocycles. The van der Waals surface area contributed by atoms with Crippen LogP contribution in [0.15, 0.2) is 60.7 Å². The van der Waals surface area contributed by atoms with Gasteiger partial charge in [0.15, 0.2) is 11.4 Å². The number of methoxy groups -OCH3 is 2. The molecule has 15 nitrogen and oxygen atoms in total. The van der Waals surface area contributed by atoms with Crippen LogP contribution in [0, 0.1) is 0 Å². The van der Waals surface area contributed by atoms with E-state index in [1.54, 1.807) is 71.7 Å². The van der Waals surface area contributed by atoms with Gasteiger partial charge in [0.1, 0.15) is 23.1 Å². The van der Waals surface area contributed by atoms with E-state index in [1.165, 1.54) is 29.0 Å². The average molecular weight is 927 g/mol. The number of halogens is 7. The average Bonchev–Trinajstić information content (AvgIpc) is 3.27. The maximum atomic E-state index is 13.2. The minimum Gasteiger partial charge on any atom is -0.497 e. The van der Waals surface area contributed by atoms with Crippen LogP contribution >= 0.6 is 11.8 Å². The number of aromatic nitrogens is 4. The molecule has 0 atom stereocenters. The van der Waals surface area contributed by atoms with E-state index in [4.69, 9.17) is 26.4 Å². The molecule has 2 saturated carbocycles. The van der Waals surface area contributed by atoms with Crippen LogP contribution in [-0.2, 0) is 12.4 Å². The number of ether oxygens (including phenoxy) is 2. The Kier molecular flexibility index (Phi) is 18.4. The fraction of sp³-hybridized carbons (Fsp3) is 0.476. The van der Waals surface area contributed by atoms with Crippen LogP contribution in [0.1, 0.15) is 83.5 Å². The predicted molar refractivity (Wildman–Crippen MR) is 231 cm³/mol. The Morgan fingerprint density at radius 1 is 0.609 bits per heavy atom. The molecular weight excluding hydrogens is 874 g/mol. The van der Waals surface area contributed by atoms with Crippen LogP contribution < -0.4 is 40.1 Å². The Hall–Kier alpha value is -5.83. The number of carbonyl (C=O) groups is 2. The molecule has 0 spiro atoms. The third-order valence-corrected chi connectivity index (χ3v) is 10.5. The van der Waals surface area contributed by atoms with E-state index < -0.39 is 29.7 Å². The van der Waals surface area contributed by atoms with Gasteiger partial charge in [-0.2, -0.15) is 36.3 Å². The number of alkyl halides is 6. The number of carbonyl (C=O) groups excluding carboxylic acids is 1. The van der Waals surface area contributed by atoms with Crippen LogP contribution in [0.3, 0.4) is 0 Å². The molecule has 0 bridgehead atoms. The Morgan fingerprint density at radius 3 is 1.30 bits per heavy atom. The lowest BCUT2D eigenvalue weighted by Gasteiger charge is -2.30. The molecule has 0 radical (unpaired) electrons. The molecule has 0 aliphatic heterocycles. The van der Waals surface area contributed by atoms with E-state index in [-0.39, 0.29) is 59.2 Å². The highest BCUT2D eigenvalue weighted by Crippen LogP contribution is 2.33. The number of carboxylic acid groups (broad SMARTS) is 1. The number of nitrogens with one attached hydrogen (secondary N) is 4. The Bertz CT molecular complexity index is 2100. The Morgan fingerprint density at radius 2 is 0.969 bits per heavy atom. The van der Waals surface area contributed by atoms with Crippen molar-refractivity contribution < 1.29 is 50.5 Å². The SMILES string of the molecule is CN(C)c1nc(NC2CCC(NCl)CC2)cc(C(F)(F)F)n1.COc1ccc(C(=O)NC2CCC(Nc3cc(C(F)(F)F)nc(N(C)C)n3)CC2)cc1.COc1ccc(C(=O)O)cc1. The maximum absolute atomic E-state index is 13.2. The second kappa shape index (κ2) is 23.2. The molecule has 64 heavy (non-hydrogen) atoms. The number of hydrogen-bond donors (Lipinski definition) is 5. The summed E-state index contributed by atoms with van der Waals surface area (Å²) in [6.45, 7) is 0. The quantitative estimate of drug-likeness (QED) is 0.0679. The summed E-state index contributed by atoms with van der Waals surface area (Å²) in [5, 5.41) is 17.7. The zero-order valence-corrected chi connectivity index (χ0v) is 36.9. The van der Waals surface area contributed by atoms with Crippen LogP contribution in [0.2, 0.25) is 0 Å².